The maximum Gasteiger partial charge on any atom is 0.326 e. The van der Waals surface area contributed by atoms with Gasteiger partial charge in [0.25, 0.3) is 0 Å². The van der Waals surface area contributed by atoms with Crippen LogP contribution < -0.4 is 0 Å². The lowest BCUT2D eigenvalue weighted by molar-refractivity contribution is -0.146. The van der Waals surface area contributed by atoms with Crippen LogP contribution in [0.2, 0.25) is 0 Å². The fraction of sp³-hybridized carbons (Fsp3) is 0.714. The first-order chi connectivity index (χ1) is 5.66. The molecular formula is C7H10FNO3. The van der Waals surface area contributed by atoms with Crippen LogP contribution in [0.15, 0.2) is 0 Å². The van der Waals surface area contributed by atoms with Crippen molar-refractivity contribution >= 4 is 11.9 Å². The third-order valence-corrected chi connectivity index (χ3v) is 1.94. The van der Waals surface area contributed by atoms with E-state index in [2.05, 4.69) is 0 Å². The van der Waals surface area contributed by atoms with Crippen LogP contribution in [0.3, 0.4) is 0 Å². The van der Waals surface area contributed by atoms with Gasteiger partial charge in [-0.2, -0.15) is 0 Å². The molecule has 4 nitrogen and oxygen atoms in total. The summed E-state index contributed by atoms with van der Waals surface area (Å²) >= 11 is 0. The van der Waals surface area contributed by atoms with Crippen LogP contribution in [-0.4, -0.2) is 41.1 Å². The molecule has 0 saturated carbocycles. The normalized spacial score (nSPS) is 23.2. The molecule has 68 valence electrons. The number of halogens is 1. The summed E-state index contributed by atoms with van der Waals surface area (Å²) in [6.07, 6.45) is 0.519. The number of carboxylic acids is 1. The van der Waals surface area contributed by atoms with Gasteiger partial charge < -0.3 is 10.0 Å². The Morgan fingerprint density at radius 1 is 1.75 bits per heavy atom. The minimum Gasteiger partial charge on any atom is -0.480 e. The number of aliphatic carboxylic acids is 1. The van der Waals surface area contributed by atoms with Crippen LogP contribution in [0, 0.1) is 0 Å². The van der Waals surface area contributed by atoms with Gasteiger partial charge in [-0.05, 0) is 6.42 Å². The molecule has 1 saturated heterocycles. The number of amides is 1. The topological polar surface area (TPSA) is 57.6 Å². The molecule has 0 radical (unpaired) electrons. The molecule has 0 aromatic rings. The minimum atomic E-state index is -1.05. The summed E-state index contributed by atoms with van der Waals surface area (Å²) in [5, 5.41) is 8.61. The number of likely N-dealkylation sites (tertiary alicyclic amines) is 1. The van der Waals surface area contributed by atoms with E-state index >= 15 is 0 Å². The van der Waals surface area contributed by atoms with Crippen molar-refractivity contribution in [2.24, 2.45) is 0 Å². The lowest BCUT2D eigenvalue weighted by atomic mass is 10.2. The van der Waals surface area contributed by atoms with Gasteiger partial charge in [-0.15, -0.1) is 0 Å². The fourth-order valence-corrected chi connectivity index (χ4v) is 1.36. The predicted octanol–water partition coefficient (Wildman–Crippen LogP) is 0.0315. The van der Waals surface area contributed by atoms with Gasteiger partial charge in [-0.25, -0.2) is 9.18 Å². The van der Waals surface area contributed by atoms with E-state index in [0.29, 0.717) is 6.42 Å². The van der Waals surface area contributed by atoms with Crippen LogP contribution >= 0.6 is 0 Å². The van der Waals surface area contributed by atoms with Crippen molar-refractivity contribution in [2.45, 2.75) is 18.9 Å². The predicted molar refractivity (Wildman–Crippen MR) is 38.3 cm³/mol. The molecule has 12 heavy (non-hydrogen) atoms. The summed E-state index contributed by atoms with van der Waals surface area (Å²) in [7, 11) is 0. The molecule has 0 aliphatic carbocycles. The number of carbonyl (C=O) groups excluding carboxylic acids is 1. The first-order valence-electron chi connectivity index (χ1n) is 3.75. The first-order valence-corrected chi connectivity index (χ1v) is 3.75. The number of carboxylic acid groups (broad SMARTS) is 1. The average molecular weight is 175 g/mol. The van der Waals surface area contributed by atoms with Crippen molar-refractivity contribution in [3.05, 3.63) is 0 Å². The van der Waals surface area contributed by atoms with Gasteiger partial charge in [-0.3, -0.25) is 4.79 Å². The van der Waals surface area contributed by atoms with Crippen LogP contribution in [0.5, 0.6) is 0 Å². The molecule has 1 unspecified atom stereocenters. The molecular weight excluding hydrogens is 165 g/mol. The number of alkyl halides is 1. The van der Waals surface area contributed by atoms with E-state index in [1.54, 1.807) is 0 Å². The number of carbonyl (C=O) groups is 2. The Kier molecular flexibility index (Phi) is 2.62. The summed E-state index contributed by atoms with van der Waals surface area (Å²) in [6, 6.07) is -0.812. The van der Waals surface area contributed by atoms with Gasteiger partial charge >= 0.3 is 5.97 Å². The largest absolute Gasteiger partial charge is 0.480 e. The molecule has 0 bridgehead atoms. The van der Waals surface area contributed by atoms with E-state index < -0.39 is 18.7 Å². The maximum absolute atomic E-state index is 11.9. The van der Waals surface area contributed by atoms with Gasteiger partial charge in [-0.1, -0.05) is 0 Å². The van der Waals surface area contributed by atoms with Gasteiger partial charge in [0, 0.05) is 13.0 Å². The highest BCUT2D eigenvalue weighted by Gasteiger charge is 2.35. The van der Waals surface area contributed by atoms with E-state index in [4.69, 9.17) is 5.11 Å². The highest BCUT2D eigenvalue weighted by molar-refractivity contribution is 5.87. The molecule has 1 rings (SSSR count). The Morgan fingerprint density at radius 3 is 2.92 bits per heavy atom. The van der Waals surface area contributed by atoms with Gasteiger partial charge in [0.15, 0.2) is 0 Å². The van der Waals surface area contributed by atoms with E-state index in [-0.39, 0.29) is 18.9 Å². The van der Waals surface area contributed by atoms with E-state index in [9.17, 15) is 14.0 Å². The average Bonchev–Trinajstić information content (AvgIpc) is 2.34. The molecule has 1 amide bonds. The second-order valence-electron chi connectivity index (χ2n) is 2.67. The van der Waals surface area contributed by atoms with E-state index in [1.807, 2.05) is 0 Å². The van der Waals surface area contributed by atoms with Crippen molar-refractivity contribution in [3.63, 3.8) is 0 Å². The monoisotopic (exact) mass is 175 g/mol. The smallest absolute Gasteiger partial charge is 0.326 e. The van der Waals surface area contributed by atoms with E-state index in [0.717, 1.165) is 4.90 Å². The first kappa shape index (κ1) is 8.96. The van der Waals surface area contributed by atoms with Crippen molar-refractivity contribution in [2.75, 3.05) is 13.2 Å². The molecule has 1 atom stereocenters. The highest BCUT2D eigenvalue weighted by Crippen LogP contribution is 2.18. The van der Waals surface area contributed by atoms with Crippen molar-refractivity contribution in [1.82, 2.24) is 4.90 Å². The molecule has 1 N–H and O–H groups in total. The van der Waals surface area contributed by atoms with Crippen molar-refractivity contribution in [3.8, 4) is 0 Å². The zero-order chi connectivity index (χ0) is 9.14. The Morgan fingerprint density at radius 2 is 2.42 bits per heavy atom. The van der Waals surface area contributed by atoms with Crippen LogP contribution in [0.4, 0.5) is 4.39 Å². The Hall–Kier alpha value is -1.13. The Bertz CT molecular complexity index is 207. The summed E-state index contributed by atoms with van der Waals surface area (Å²) < 4.78 is 11.9. The number of nitrogens with zero attached hydrogens (tertiary/aromatic N) is 1. The lowest BCUT2D eigenvalue weighted by Crippen LogP contribution is -2.39. The SMILES string of the molecule is O=C(O)C1CCC(=O)N1CCF. The molecule has 5 heteroatoms. The second kappa shape index (κ2) is 3.51. The molecule has 0 spiro atoms. The Balaban J connectivity index is 2.63. The quantitative estimate of drug-likeness (QED) is 0.658. The van der Waals surface area contributed by atoms with Gasteiger partial charge in [0.1, 0.15) is 12.7 Å². The van der Waals surface area contributed by atoms with Crippen molar-refractivity contribution in [1.29, 1.82) is 0 Å². The zero-order valence-electron chi connectivity index (χ0n) is 6.49. The highest BCUT2D eigenvalue weighted by atomic mass is 19.1. The van der Waals surface area contributed by atoms with E-state index in [1.165, 1.54) is 0 Å². The lowest BCUT2D eigenvalue weighted by Gasteiger charge is -2.19. The molecule has 0 aromatic heterocycles. The Labute approximate surface area is 69.0 Å². The summed E-state index contributed by atoms with van der Waals surface area (Å²) in [5.41, 5.74) is 0. The third-order valence-electron chi connectivity index (χ3n) is 1.94. The number of rotatable bonds is 3. The fourth-order valence-electron chi connectivity index (χ4n) is 1.36. The van der Waals surface area contributed by atoms with Crippen LogP contribution in [-0.2, 0) is 9.59 Å². The zero-order valence-corrected chi connectivity index (χ0v) is 6.49. The maximum atomic E-state index is 11.9. The van der Waals surface area contributed by atoms with Gasteiger partial charge in [0.2, 0.25) is 5.91 Å². The summed E-state index contributed by atoms with van der Waals surface area (Å²) in [6.45, 7) is -0.786. The molecule has 1 aliphatic rings. The molecule has 1 heterocycles. The standard InChI is InChI=1S/C7H10FNO3/c8-3-4-9-5(7(11)12)1-2-6(9)10/h5H,1-4H2,(H,11,12). The minimum absolute atomic E-state index is 0.101. The van der Waals surface area contributed by atoms with Gasteiger partial charge in [0.05, 0.1) is 0 Å². The second-order valence-corrected chi connectivity index (χ2v) is 2.67. The van der Waals surface area contributed by atoms with Crippen LogP contribution in [0.25, 0.3) is 0 Å². The van der Waals surface area contributed by atoms with Crippen LogP contribution in [0.1, 0.15) is 12.8 Å². The summed E-state index contributed by atoms with van der Waals surface area (Å²) in [5.74, 6) is -1.31. The molecule has 0 aromatic carbocycles. The van der Waals surface area contributed by atoms with Crippen molar-refractivity contribution < 1.29 is 19.1 Å². The third kappa shape index (κ3) is 1.54. The molecule has 1 aliphatic heterocycles. The summed E-state index contributed by atoms with van der Waals surface area (Å²) in [4.78, 5) is 22.6. The molecule has 1 fully saturated rings. The number of hydrogen-bond acceptors (Lipinski definition) is 2. The number of hydrogen-bond donors (Lipinski definition) is 1.